The van der Waals surface area contributed by atoms with Crippen LogP contribution in [0.5, 0.6) is 0 Å². The molecule has 1 aliphatic carbocycles. The Labute approximate surface area is 176 Å². The highest BCUT2D eigenvalue weighted by Crippen LogP contribution is 2.41. The SMILES string of the molecule is O=C(OCc1ccccc1Cl)N1CCC(F)(CNC2CC2c2ccccc2)CC1. The van der Waals surface area contributed by atoms with Gasteiger partial charge in [0.1, 0.15) is 12.3 Å². The zero-order valence-electron chi connectivity index (χ0n) is 16.3. The second kappa shape index (κ2) is 8.72. The molecule has 2 atom stereocenters. The fraction of sp³-hybridized carbons (Fsp3) is 0.435. The number of carbonyl (C=O) groups is 1. The van der Waals surface area contributed by atoms with Crippen molar-refractivity contribution in [1.29, 1.82) is 0 Å². The third-order valence-electron chi connectivity index (χ3n) is 5.93. The van der Waals surface area contributed by atoms with Gasteiger partial charge in [-0.05, 0) is 18.1 Å². The second-order valence-corrected chi connectivity index (χ2v) is 8.43. The van der Waals surface area contributed by atoms with E-state index in [-0.39, 0.29) is 6.61 Å². The molecule has 154 valence electrons. The summed E-state index contributed by atoms with van der Waals surface area (Å²) < 4.78 is 20.5. The predicted molar refractivity (Wildman–Crippen MR) is 112 cm³/mol. The first-order chi connectivity index (χ1) is 14.0. The van der Waals surface area contributed by atoms with Crippen molar-refractivity contribution in [2.75, 3.05) is 19.6 Å². The van der Waals surface area contributed by atoms with Crippen molar-refractivity contribution >= 4 is 17.7 Å². The minimum absolute atomic E-state index is 0.125. The molecule has 1 heterocycles. The van der Waals surface area contributed by atoms with E-state index in [1.807, 2.05) is 36.4 Å². The Morgan fingerprint density at radius 1 is 1.14 bits per heavy atom. The summed E-state index contributed by atoms with van der Waals surface area (Å²) in [6.45, 7) is 1.20. The normalized spacial score (nSPS) is 22.9. The summed E-state index contributed by atoms with van der Waals surface area (Å²) >= 11 is 6.08. The highest BCUT2D eigenvalue weighted by atomic mass is 35.5. The largest absolute Gasteiger partial charge is 0.444 e. The molecular formula is C23H26ClFN2O2. The molecule has 1 saturated carbocycles. The van der Waals surface area contributed by atoms with Crippen LogP contribution < -0.4 is 5.32 Å². The van der Waals surface area contributed by atoms with Gasteiger partial charge in [0.25, 0.3) is 0 Å². The molecule has 4 nitrogen and oxygen atoms in total. The molecule has 1 amide bonds. The first-order valence-electron chi connectivity index (χ1n) is 10.2. The van der Waals surface area contributed by atoms with Crippen molar-refractivity contribution in [3.8, 4) is 0 Å². The Morgan fingerprint density at radius 3 is 2.55 bits per heavy atom. The number of hydrogen-bond acceptors (Lipinski definition) is 3. The second-order valence-electron chi connectivity index (χ2n) is 8.02. The molecule has 0 spiro atoms. The van der Waals surface area contributed by atoms with Crippen LogP contribution in [0.1, 0.15) is 36.3 Å². The fourth-order valence-corrected chi connectivity index (χ4v) is 4.11. The molecule has 1 aliphatic heterocycles. The maximum absolute atomic E-state index is 15.2. The van der Waals surface area contributed by atoms with Crippen LogP contribution in [0.3, 0.4) is 0 Å². The van der Waals surface area contributed by atoms with Crippen molar-refractivity contribution in [1.82, 2.24) is 10.2 Å². The van der Waals surface area contributed by atoms with Crippen LogP contribution in [0.2, 0.25) is 5.02 Å². The summed E-state index contributed by atoms with van der Waals surface area (Å²) in [5.74, 6) is 0.486. The zero-order valence-corrected chi connectivity index (χ0v) is 17.1. The molecule has 4 rings (SSSR count). The maximum Gasteiger partial charge on any atom is 0.410 e. The van der Waals surface area contributed by atoms with Crippen molar-refractivity contribution in [3.05, 3.63) is 70.7 Å². The third-order valence-corrected chi connectivity index (χ3v) is 6.29. The molecule has 2 aromatic carbocycles. The number of nitrogens with zero attached hydrogens (tertiary/aromatic N) is 1. The van der Waals surface area contributed by atoms with E-state index in [1.165, 1.54) is 5.56 Å². The predicted octanol–water partition coefficient (Wildman–Crippen LogP) is 4.93. The molecule has 0 radical (unpaired) electrons. The van der Waals surface area contributed by atoms with E-state index in [1.54, 1.807) is 11.0 Å². The molecule has 2 aliphatic rings. The van der Waals surface area contributed by atoms with Gasteiger partial charge in [0.05, 0.1) is 0 Å². The molecule has 2 fully saturated rings. The first-order valence-corrected chi connectivity index (χ1v) is 10.5. The average Bonchev–Trinajstić information content (AvgIpc) is 3.53. The Bertz CT molecular complexity index is 840. The van der Waals surface area contributed by atoms with Gasteiger partial charge in [-0.15, -0.1) is 0 Å². The van der Waals surface area contributed by atoms with Gasteiger partial charge in [0.2, 0.25) is 0 Å². The minimum Gasteiger partial charge on any atom is -0.444 e. The fourth-order valence-electron chi connectivity index (χ4n) is 3.92. The molecular weight excluding hydrogens is 391 g/mol. The van der Waals surface area contributed by atoms with E-state index >= 15 is 4.39 Å². The zero-order chi connectivity index (χ0) is 20.3. The van der Waals surface area contributed by atoms with Crippen LogP contribution in [0.25, 0.3) is 0 Å². The number of hydrogen-bond donors (Lipinski definition) is 1. The number of likely N-dealkylation sites (tertiary alicyclic amines) is 1. The van der Waals surface area contributed by atoms with Gasteiger partial charge < -0.3 is 15.0 Å². The molecule has 1 saturated heterocycles. The monoisotopic (exact) mass is 416 g/mol. The van der Waals surface area contributed by atoms with Crippen LogP contribution in [0, 0.1) is 0 Å². The van der Waals surface area contributed by atoms with Gasteiger partial charge in [-0.25, -0.2) is 9.18 Å². The lowest BCUT2D eigenvalue weighted by molar-refractivity contribution is 0.0408. The van der Waals surface area contributed by atoms with E-state index in [0.717, 1.165) is 12.0 Å². The number of alkyl halides is 1. The molecule has 0 aromatic heterocycles. The summed E-state index contributed by atoms with van der Waals surface area (Å²) in [6.07, 6.45) is 1.29. The van der Waals surface area contributed by atoms with Gasteiger partial charge in [-0.2, -0.15) is 0 Å². The van der Waals surface area contributed by atoms with Crippen molar-refractivity contribution in [3.63, 3.8) is 0 Å². The highest BCUT2D eigenvalue weighted by molar-refractivity contribution is 6.31. The van der Waals surface area contributed by atoms with Crippen molar-refractivity contribution < 1.29 is 13.9 Å². The smallest absolute Gasteiger partial charge is 0.410 e. The number of carbonyl (C=O) groups excluding carboxylic acids is 1. The van der Waals surface area contributed by atoms with Crippen LogP contribution >= 0.6 is 11.6 Å². The van der Waals surface area contributed by atoms with Crippen molar-refractivity contribution in [2.45, 2.75) is 43.5 Å². The molecule has 2 unspecified atom stereocenters. The lowest BCUT2D eigenvalue weighted by atomic mass is 9.93. The van der Waals surface area contributed by atoms with Crippen molar-refractivity contribution in [2.24, 2.45) is 0 Å². The first kappa shape index (κ1) is 20.2. The quantitative estimate of drug-likeness (QED) is 0.726. The summed E-state index contributed by atoms with van der Waals surface area (Å²) in [6, 6.07) is 18.0. The lowest BCUT2D eigenvalue weighted by Crippen LogP contribution is -2.49. The van der Waals surface area contributed by atoms with Gasteiger partial charge in [-0.1, -0.05) is 60.1 Å². The Kier molecular flexibility index (Phi) is 6.07. The Hall–Kier alpha value is -2.11. The van der Waals surface area contributed by atoms with Crippen LogP contribution in [0.15, 0.2) is 54.6 Å². The average molecular weight is 417 g/mol. The number of rotatable bonds is 6. The summed E-state index contributed by atoms with van der Waals surface area (Å²) in [4.78, 5) is 13.9. The Balaban J connectivity index is 1.19. The summed E-state index contributed by atoms with van der Waals surface area (Å²) in [5.41, 5.74) is 0.804. The van der Waals surface area contributed by atoms with E-state index in [9.17, 15) is 4.79 Å². The number of ether oxygens (including phenoxy) is 1. The van der Waals surface area contributed by atoms with Gasteiger partial charge in [0, 0.05) is 55.0 Å². The van der Waals surface area contributed by atoms with Gasteiger partial charge in [0.15, 0.2) is 0 Å². The van der Waals surface area contributed by atoms with E-state index in [2.05, 4.69) is 17.4 Å². The molecule has 6 heteroatoms. The van der Waals surface area contributed by atoms with Crippen LogP contribution in [0.4, 0.5) is 9.18 Å². The molecule has 1 N–H and O–H groups in total. The van der Waals surface area contributed by atoms with Gasteiger partial charge >= 0.3 is 6.09 Å². The van der Waals surface area contributed by atoms with Crippen LogP contribution in [-0.4, -0.2) is 42.3 Å². The van der Waals surface area contributed by atoms with E-state index in [0.29, 0.717) is 49.5 Å². The van der Waals surface area contributed by atoms with Crippen LogP contribution in [-0.2, 0) is 11.3 Å². The van der Waals surface area contributed by atoms with Gasteiger partial charge in [-0.3, -0.25) is 0 Å². The highest BCUT2D eigenvalue weighted by Gasteiger charge is 2.42. The lowest BCUT2D eigenvalue weighted by Gasteiger charge is -2.36. The number of halogens is 2. The number of piperidine rings is 1. The number of nitrogens with one attached hydrogen (secondary N) is 1. The molecule has 0 bridgehead atoms. The number of benzene rings is 2. The van der Waals surface area contributed by atoms with E-state index in [4.69, 9.17) is 16.3 Å². The molecule has 2 aromatic rings. The third kappa shape index (κ3) is 5.09. The summed E-state index contributed by atoms with van der Waals surface area (Å²) in [7, 11) is 0. The maximum atomic E-state index is 15.2. The number of amides is 1. The minimum atomic E-state index is -1.27. The van der Waals surface area contributed by atoms with E-state index < -0.39 is 11.8 Å². The summed E-state index contributed by atoms with van der Waals surface area (Å²) in [5, 5.41) is 3.96. The topological polar surface area (TPSA) is 41.6 Å². The standard InChI is InChI=1S/C23H26ClFN2O2/c24-20-9-5-4-8-18(20)15-29-22(28)27-12-10-23(25,11-13-27)16-26-21-14-19(21)17-6-2-1-3-7-17/h1-9,19,21,26H,10-16H2. The Morgan fingerprint density at radius 2 is 1.83 bits per heavy atom. The molecule has 29 heavy (non-hydrogen) atoms.